The fraction of sp³-hybridized carbons (Fsp3) is 0.273. The zero-order valence-corrected chi connectivity index (χ0v) is 16.3. The van der Waals surface area contributed by atoms with Gasteiger partial charge in [-0.25, -0.2) is 8.78 Å². The molecule has 1 saturated carbocycles. The highest BCUT2D eigenvalue weighted by Gasteiger charge is 2.55. The van der Waals surface area contributed by atoms with Crippen molar-refractivity contribution in [1.82, 2.24) is 15.1 Å². The fourth-order valence-electron chi connectivity index (χ4n) is 4.27. The Morgan fingerprint density at radius 3 is 2.48 bits per heavy atom. The first-order chi connectivity index (χ1) is 14.1. The third-order valence-electron chi connectivity index (χ3n) is 5.75. The number of rotatable bonds is 5. The van der Waals surface area contributed by atoms with E-state index < -0.39 is 0 Å². The second-order valence-electron chi connectivity index (χ2n) is 7.75. The Bertz CT molecular complexity index is 1030. The van der Waals surface area contributed by atoms with Gasteiger partial charge in [-0.05, 0) is 59.9 Å². The van der Waals surface area contributed by atoms with E-state index in [1.54, 1.807) is 18.2 Å². The third kappa shape index (κ3) is 3.82. The zero-order valence-electron chi connectivity index (χ0n) is 15.5. The van der Waals surface area contributed by atoms with Crippen molar-refractivity contribution < 1.29 is 8.78 Å². The van der Waals surface area contributed by atoms with E-state index in [0.717, 1.165) is 25.2 Å². The number of anilines is 1. The molecule has 7 heteroatoms. The Morgan fingerprint density at radius 2 is 1.76 bits per heavy atom. The minimum absolute atomic E-state index is 0.187. The van der Waals surface area contributed by atoms with Crippen LogP contribution in [-0.2, 0) is 6.54 Å². The van der Waals surface area contributed by atoms with Gasteiger partial charge in [0.05, 0.1) is 10.7 Å². The lowest BCUT2D eigenvalue weighted by Crippen LogP contribution is -2.27. The zero-order chi connectivity index (χ0) is 20.0. The van der Waals surface area contributed by atoms with Gasteiger partial charge in [0.2, 0.25) is 0 Å². The van der Waals surface area contributed by atoms with Crippen LogP contribution in [0.1, 0.15) is 5.56 Å². The monoisotopic (exact) mass is 412 g/mol. The second-order valence-corrected chi connectivity index (χ2v) is 8.16. The molecule has 1 aliphatic carbocycles. The number of aromatic nitrogens is 2. The summed E-state index contributed by atoms with van der Waals surface area (Å²) in [6.45, 7) is 2.76. The lowest BCUT2D eigenvalue weighted by atomic mass is 10.1. The SMILES string of the molecule is Fc1cccc(CN2C[C@H]3C(Nc4ccc(-c5cc(F)ccc5Cl)nn4)[C@@H]3C2)c1. The number of piperidine rings is 1. The number of benzene rings is 2. The van der Waals surface area contributed by atoms with Crippen molar-refractivity contribution in [1.29, 1.82) is 0 Å². The van der Waals surface area contributed by atoms with Gasteiger partial charge in [0.15, 0.2) is 0 Å². The van der Waals surface area contributed by atoms with Gasteiger partial charge >= 0.3 is 0 Å². The first-order valence-electron chi connectivity index (χ1n) is 9.59. The summed E-state index contributed by atoms with van der Waals surface area (Å²) in [4.78, 5) is 2.36. The molecule has 0 radical (unpaired) electrons. The Labute approximate surface area is 172 Å². The van der Waals surface area contributed by atoms with Gasteiger partial charge < -0.3 is 5.32 Å². The first kappa shape index (κ1) is 18.5. The average molecular weight is 413 g/mol. The molecule has 2 aromatic carbocycles. The van der Waals surface area contributed by atoms with Crippen LogP contribution in [0.15, 0.2) is 54.6 Å². The van der Waals surface area contributed by atoms with Crippen LogP contribution in [0.4, 0.5) is 14.6 Å². The molecule has 29 heavy (non-hydrogen) atoms. The molecule has 0 unspecified atom stereocenters. The number of nitrogens with zero attached hydrogens (tertiary/aromatic N) is 3. The van der Waals surface area contributed by atoms with Crippen LogP contribution in [0.3, 0.4) is 0 Å². The van der Waals surface area contributed by atoms with Gasteiger partial charge in [-0.15, -0.1) is 10.2 Å². The number of fused-ring (bicyclic) bond motifs is 1. The quantitative estimate of drug-likeness (QED) is 0.664. The van der Waals surface area contributed by atoms with Crippen LogP contribution in [-0.4, -0.2) is 34.2 Å². The lowest BCUT2D eigenvalue weighted by Gasteiger charge is -2.20. The van der Waals surface area contributed by atoms with Crippen molar-refractivity contribution in [3.05, 3.63) is 76.8 Å². The molecule has 5 rings (SSSR count). The predicted molar refractivity (Wildman–Crippen MR) is 109 cm³/mol. The first-order valence-corrected chi connectivity index (χ1v) is 9.97. The molecule has 1 saturated heterocycles. The molecule has 2 atom stereocenters. The Balaban J connectivity index is 1.18. The molecule has 1 aliphatic heterocycles. The van der Waals surface area contributed by atoms with E-state index in [1.807, 2.05) is 12.1 Å². The molecule has 3 aromatic rings. The van der Waals surface area contributed by atoms with E-state index in [4.69, 9.17) is 11.6 Å². The molecule has 0 amide bonds. The van der Waals surface area contributed by atoms with E-state index >= 15 is 0 Å². The van der Waals surface area contributed by atoms with Gasteiger partial charge in [-0.3, -0.25) is 4.90 Å². The standard InChI is InChI=1S/C22H19ClF2N4/c23-19-5-4-15(25)9-16(19)20-6-7-21(28-27-20)26-22-17-11-29(12-18(17)22)10-13-2-1-3-14(24)8-13/h1-9,17-18,22H,10-12H2,(H,26,28)/t17-,18-/m1/s1. The van der Waals surface area contributed by atoms with E-state index in [1.165, 1.54) is 24.3 Å². The highest BCUT2D eigenvalue weighted by Crippen LogP contribution is 2.47. The number of hydrogen-bond acceptors (Lipinski definition) is 4. The summed E-state index contributed by atoms with van der Waals surface area (Å²) in [5.41, 5.74) is 2.08. The summed E-state index contributed by atoms with van der Waals surface area (Å²) in [7, 11) is 0. The molecule has 2 heterocycles. The van der Waals surface area contributed by atoms with Crippen molar-refractivity contribution in [2.75, 3.05) is 18.4 Å². The summed E-state index contributed by atoms with van der Waals surface area (Å²) in [6, 6.07) is 15.0. The van der Waals surface area contributed by atoms with E-state index in [-0.39, 0.29) is 11.6 Å². The Kier molecular flexibility index (Phi) is 4.68. The molecular weight excluding hydrogens is 394 g/mol. The van der Waals surface area contributed by atoms with Gasteiger partial charge in [0.25, 0.3) is 0 Å². The molecule has 0 bridgehead atoms. The number of halogens is 3. The minimum Gasteiger partial charge on any atom is -0.365 e. The molecule has 2 aliphatic rings. The number of hydrogen-bond donors (Lipinski definition) is 1. The van der Waals surface area contributed by atoms with Crippen molar-refractivity contribution in [3.63, 3.8) is 0 Å². The normalized spacial score (nSPS) is 23.1. The summed E-state index contributed by atoms with van der Waals surface area (Å²) in [5.74, 6) is 1.30. The average Bonchev–Trinajstić information content (AvgIpc) is 3.14. The maximum atomic E-state index is 13.5. The van der Waals surface area contributed by atoms with Crippen molar-refractivity contribution in [2.45, 2.75) is 12.6 Å². The predicted octanol–water partition coefficient (Wildman–Crippen LogP) is 4.62. The summed E-state index contributed by atoms with van der Waals surface area (Å²) >= 11 is 6.13. The van der Waals surface area contributed by atoms with Crippen LogP contribution < -0.4 is 5.32 Å². The van der Waals surface area contributed by atoms with Gasteiger partial charge in [0.1, 0.15) is 17.5 Å². The van der Waals surface area contributed by atoms with Crippen molar-refractivity contribution in [3.8, 4) is 11.3 Å². The van der Waals surface area contributed by atoms with Crippen LogP contribution in [0, 0.1) is 23.5 Å². The topological polar surface area (TPSA) is 41.0 Å². The Morgan fingerprint density at radius 1 is 0.966 bits per heavy atom. The maximum Gasteiger partial charge on any atom is 0.148 e. The van der Waals surface area contributed by atoms with Gasteiger partial charge in [-0.1, -0.05) is 23.7 Å². The van der Waals surface area contributed by atoms with Crippen LogP contribution in [0.25, 0.3) is 11.3 Å². The number of nitrogens with one attached hydrogen (secondary N) is 1. The van der Waals surface area contributed by atoms with Crippen LogP contribution in [0.2, 0.25) is 5.02 Å². The van der Waals surface area contributed by atoms with E-state index in [2.05, 4.69) is 20.4 Å². The highest BCUT2D eigenvalue weighted by molar-refractivity contribution is 6.33. The maximum absolute atomic E-state index is 13.5. The third-order valence-corrected chi connectivity index (χ3v) is 6.08. The van der Waals surface area contributed by atoms with Crippen molar-refractivity contribution >= 4 is 17.4 Å². The van der Waals surface area contributed by atoms with Crippen LogP contribution >= 0.6 is 11.6 Å². The molecule has 2 fully saturated rings. The van der Waals surface area contributed by atoms with Gasteiger partial charge in [0, 0.05) is 31.2 Å². The van der Waals surface area contributed by atoms with Crippen molar-refractivity contribution in [2.24, 2.45) is 11.8 Å². The largest absolute Gasteiger partial charge is 0.365 e. The van der Waals surface area contributed by atoms with Gasteiger partial charge in [-0.2, -0.15) is 0 Å². The summed E-state index contributed by atoms with van der Waals surface area (Å²) in [5, 5.41) is 12.3. The van der Waals surface area contributed by atoms with E-state index in [0.29, 0.717) is 40.0 Å². The molecule has 0 spiro atoms. The molecular formula is C22H19ClF2N4. The van der Waals surface area contributed by atoms with E-state index in [9.17, 15) is 8.78 Å². The fourth-order valence-corrected chi connectivity index (χ4v) is 4.48. The molecule has 1 aromatic heterocycles. The highest BCUT2D eigenvalue weighted by atomic mass is 35.5. The van der Waals surface area contributed by atoms with Crippen LogP contribution in [0.5, 0.6) is 0 Å². The molecule has 1 N–H and O–H groups in total. The minimum atomic E-state index is -0.359. The Hall–Kier alpha value is -2.57. The molecule has 148 valence electrons. The number of likely N-dealkylation sites (tertiary alicyclic amines) is 1. The summed E-state index contributed by atoms with van der Waals surface area (Å²) in [6.07, 6.45) is 0. The summed E-state index contributed by atoms with van der Waals surface area (Å²) < 4.78 is 26.8. The smallest absolute Gasteiger partial charge is 0.148 e. The molecule has 4 nitrogen and oxygen atoms in total. The second kappa shape index (κ2) is 7.35. The lowest BCUT2D eigenvalue weighted by molar-refractivity contribution is 0.292.